The summed E-state index contributed by atoms with van der Waals surface area (Å²) in [6.07, 6.45) is 11.3. The van der Waals surface area contributed by atoms with Gasteiger partial charge in [0, 0.05) is 51.2 Å². The summed E-state index contributed by atoms with van der Waals surface area (Å²) in [6, 6.07) is 1.38. The van der Waals surface area contributed by atoms with Crippen LogP contribution < -0.4 is 5.32 Å². The van der Waals surface area contributed by atoms with Crippen molar-refractivity contribution in [3.63, 3.8) is 0 Å². The Morgan fingerprint density at radius 1 is 1.19 bits per heavy atom. The van der Waals surface area contributed by atoms with Gasteiger partial charge in [-0.15, -0.1) is 0 Å². The van der Waals surface area contributed by atoms with Crippen LogP contribution >= 0.6 is 0 Å². The minimum absolute atomic E-state index is 0.479. The highest BCUT2D eigenvalue weighted by atomic mass is 15.3. The molecule has 1 aromatic rings. The summed E-state index contributed by atoms with van der Waals surface area (Å²) in [5.41, 5.74) is 0. The van der Waals surface area contributed by atoms with Crippen LogP contribution in [-0.4, -0.2) is 70.6 Å². The maximum Gasteiger partial charge on any atom is 0.193 e. The molecule has 6 nitrogen and oxygen atoms in total. The van der Waals surface area contributed by atoms with Crippen LogP contribution in [0.2, 0.25) is 0 Å². The average Bonchev–Trinajstić information content (AvgIpc) is 3.16. The van der Waals surface area contributed by atoms with E-state index in [1.165, 1.54) is 38.8 Å². The van der Waals surface area contributed by atoms with Crippen molar-refractivity contribution in [2.75, 3.05) is 39.3 Å². The molecule has 26 heavy (non-hydrogen) atoms. The fraction of sp³-hybridized carbons (Fsp3) is 0.800. The number of imidazole rings is 1. The predicted octanol–water partition coefficient (Wildman–Crippen LogP) is 2.22. The molecule has 3 unspecified atom stereocenters. The first-order valence-corrected chi connectivity index (χ1v) is 10.5. The fourth-order valence-electron chi connectivity index (χ4n) is 4.52. The molecule has 0 amide bonds. The second-order valence-corrected chi connectivity index (χ2v) is 8.36. The van der Waals surface area contributed by atoms with Crippen LogP contribution in [0.3, 0.4) is 0 Å². The molecule has 3 aliphatic rings. The highest BCUT2D eigenvalue weighted by Crippen LogP contribution is 2.32. The van der Waals surface area contributed by atoms with Gasteiger partial charge in [-0.05, 0) is 51.0 Å². The van der Waals surface area contributed by atoms with E-state index in [9.17, 15) is 0 Å². The van der Waals surface area contributed by atoms with Gasteiger partial charge in [-0.25, -0.2) is 4.98 Å². The molecule has 1 aliphatic carbocycles. The van der Waals surface area contributed by atoms with E-state index in [4.69, 9.17) is 4.99 Å². The summed E-state index contributed by atoms with van der Waals surface area (Å²) in [5.74, 6) is 2.51. The van der Waals surface area contributed by atoms with Crippen LogP contribution in [0.15, 0.2) is 23.7 Å². The quantitative estimate of drug-likeness (QED) is 0.648. The van der Waals surface area contributed by atoms with Crippen LogP contribution in [0.1, 0.15) is 45.6 Å². The molecule has 6 heteroatoms. The lowest BCUT2D eigenvalue weighted by Gasteiger charge is -2.39. The molecule has 3 atom stereocenters. The zero-order valence-electron chi connectivity index (χ0n) is 16.3. The summed E-state index contributed by atoms with van der Waals surface area (Å²) < 4.78 is 2.27. The van der Waals surface area contributed by atoms with E-state index >= 15 is 0 Å². The fourth-order valence-corrected chi connectivity index (χ4v) is 4.52. The number of likely N-dealkylation sites (tertiary alicyclic amines) is 2. The topological polar surface area (TPSA) is 48.7 Å². The predicted molar refractivity (Wildman–Crippen MR) is 105 cm³/mol. The molecule has 3 fully saturated rings. The third kappa shape index (κ3) is 4.05. The number of piperidine rings is 1. The van der Waals surface area contributed by atoms with E-state index in [0.717, 1.165) is 44.1 Å². The number of guanidine groups is 1. The Hall–Kier alpha value is -1.56. The number of rotatable bonds is 5. The number of aliphatic imine (C=N–C) groups is 1. The lowest BCUT2D eigenvalue weighted by molar-refractivity contribution is 0.189. The van der Waals surface area contributed by atoms with Crippen LogP contribution in [0.5, 0.6) is 0 Å². The van der Waals surface area contributed by atoms with Gasteiger partial charge in [0.05, 0.1) is 12.4 Å². The maximum absolute atomic E-state index is 5.05. The molecule has 0 bridgehead atoms. The van der Waals surface area contributed by atoms with Crippen LogP contribution in [0.4, 0.5) is 0 Å². The second kappa shape index (κ2) is 7.99. The van der Waals surface area contributed by atoms with E-state index in [2.05, 4.69) is 44.7 Å². The molecule has 0 aromatic carbocycles. The molecule has 2 aliphatic heterocycles. The van der Waals surface area contributed by atoms with Crippen molar-refractivity contribution in [1.29, 1.82) is 0 Å². The van der Waals surface area contributed by atoms with Gasteiger partial charge < -0.3 is 19.7 Å². The highest BCUT2D eigenvalue weighted by Gasteiger charge is 2.34. The first-order chi connectivity index (χ1) is 12.7. The van der Waals surface area contributed by atoms with Crippen molar-refractivity contribution in [3.05, 3.63) is 18.7 Å². The summed E-state index contributed by atoms with van der Waals surface area (Å²) in [5, 5.41) is 3.54. The molecule has 2 saturated heterocycles. The zero-order valence-corrected chi connectivity index (χ0v) is 16.3. The van der Waals surface area contributed by atoms with Gasteiger partial charge in [-0.1, -0.05) is 6.92 Å². The molecule has 0 radical (unpaired) electrons. The second-order valence-electron chi connectivity index (χ2n) is 8.36. The SMILES string of the molecule is CCNC(=NCC1CCN(C2CC2)C1)N1CCC(C)C(n2ccnc2)C1. The maximum atomic E-state index is 5.05. The lowest BCUT2D eigenvalue weighted by Crippen LogP contribution is -2.49. The molecule has 4 rings (SSSR count). The van der Waals surface area contributed by atoms with Crippen LogP contribution in [0.25, 0.3) is 0 Å². The van der Waals surface area contributed by atoms with Crippen molar-refractivity contribution in [2.45, 2.75) is 51.6 Å². The molecular weight excluding hydrogens is 324 g/mol. The van der Waals surface area contributed by atoms with Crippen molar-refractivity contribution in [2.24, 2.45) is 16.8 Å². The molecule has 3 heterocycles. The Balaban J connectivity index is 1.38. The number of hydrogen-bond acceptors (Lipinski definition) is 3. The van der Waals surface area contributed by atoms with E-state index in [0.29, 0.717) is 12.0 Å². The summed E-state index contributed by atoms with van der Waals surface area (Å²) >= 11 is 0. The van der Waals surface area contributed by atoms with Gasteiger partial charge in [0.1, 0.15) is 0 Å². The van der Waals surface area contributed by atoms with Gasteiger partial charge in [0.15, 0.2) is 5.96 Å². The first kappa shape index (κ1) is 17.8. The van der Waals surface area contributed by atoms with E-state index in [-0.39, 0.29) is 0 Å². The number of nitrogens with zero attached hydrogens (tertiary/aromatic N) is 5. The summed E-state index contributed by atoms with van der Waals surface area (Å²) in [4.78, 5) is 14.4. The molecule has 0 spiro atoms. The minimum Gasteiger partial charge on any atom is -0.357 e. The van der Waals surface area contributed by atoms with Crippen molar-refractivity contribution < 1.29 is 0 Å². The van der Waals surface area contributed by atoms with Crippen LogP contribution in [-0.2, 0) is 0 Å². The largest absolute Gasteiger partial charge is 0.357 e. The molecule has 144 valence electrons. The standard InChI is InChI=1S/C20H34N6/c1-3-22-20(23-12-17-7-10-24(13-17)18-4-5-18)25-9-6-16(2)19(14-25)26-11-8-21-15-26/h8,11,15-19H,3-7,9-10,12-14H2,1-2H3,(H,22,23). The highest BCUT2D eigenvalue weighted by molar-refractivity contribution is 5.80. The van der Waals surface area contributed by atoms with Crippen LogP contribution in [0, 0.1) is 11.8 Å². The van der Waals surface area contributed by atoms with Gasteiger partial charge in [0.25, 0.3) is 0 Å². The zero-order chi connectivity index (χ0) is 17.9. The summed E-state index contributed by atoms with van der Waals surface area (Å²) in [7, 11) is 0. The number of nitrogens with one attached hydrogen (secondary N) is 1. The minimum atomic E-state index is 0.479. The Kier molecular flexibility index (Phi) is 5.48. The van der Waals surface area contributed by atoms with E-state index in [1.807, 2.05) is 12.5 Å². The molecule has 1 N–H and O–H groups in total. The van der Waals surface area contributed by atoms with Crippen molar-refractivity contribution in [1.82, 2.24) is 24.7 Å². The number of hydrogen-bond donors (Lipinski definition) is 1. The van der Waals surface area contributed by atoms with Gasteiger partial charge in [-0.2, -0.15) is 0 Å². The monoisotopic (exact) mass is 358 g/mol. The van der Waals surface area contributed by atoms with E-state index in [1.54, 1.807) is 0 Å². The van der Waals surface area contributed by atoms with Gasteiger partial charge in [0.2, 0.25) is 0 Å². The normalized spacial score (nSPS) is 30.8. The first-order valence-electron chi connectivity index (χ1n) is 10.5. The lowest BCUT2D eigenvalue weighted by atomic mass is 9.93. The Labute approximate surface area is 157 Å². The van der Waals surface area contributed by atoms with Gasteiger partial charge in [-0.3, -0.25) is 4.99 Å². The smallest absolute Gasteiger partial charge is 0.193 e. The van der Waals surface area contributed by atoms with Crippen molar-refractivity contribution in [3.8, 4) is 0 Å². The molecule has 1 aromatic heterocycles. The summed E-state index contributed by atoms with van der Waals surface area (Å²) in [6.45, 7) is 11.1. The number of aromatic nitrogens is 2. The Bertz CT molecular complexity index is 593. The van der Waals surface area contributed by atoms with Crippen molar-refractivity contribution >= 4 is 5.96 Å². The van der Waals surface area contributed by atoms with Gasteiger partial charge >= 0.3 is 0 Å². The molecular formula is C20H34N6. The Morgan fingerprint density at radius 2 is 2.08 bits per heavy atom. The third-order valence-corrected chi connectivity index (χ3v) is 6.34. The van der Waals surface area contributed by atoms with E-state index < -0.39 is 0 Å². The average molecular weight is 359 g/mol. The Morgan fingerprint density at radius 3 is 2.81 bits per heavy atom. The molecule has 1 saturated carbocycles. The third-order valence-electron chi connectivity index (χ3n) is 6.34.